The van der Waals surface area contributed by atoms with E-state index < -0.39 is 10.0 Å². The first-order valence-corrected chi connectivity index (χ1v) is 8.44. The van der Waals surface area contributed by atoms with E-state index in [0.717, 1.165) is 5.56 Å². The van der Waals surface area contributed by atoms with Gasteiger partial charge in [-0.2, -0.15) is 4.31 Å². The van der Waals surface area contributed by atoms with E-state index >= 15 is 0 Å². The SMILES string of the molecule is Cc1cccc(S(=O)(=O)N2CCN(C(C)(C)C)C(=O)C2)c1. The predicted molar refractivity (Wildman–Crippen MR) is 81.4 cm³/mol. The third kappa shape index (κ3) is 3.27. The van der Waals surface area contributed by atoms with Crippen LogP contribution in [0, 0.1) is 6.92 Å². The molecule has 0 atom stereocenters. The quantitative estimate of drug-likeness (QED) is 0.834. The van der Waals surface area contributed by atoms with Crippen molar-refractivity contribution in [2.75, 3.05) is 19.6 Å². The summed E-state index contributed by atoms with van der Waals surface area (Å²) in [5.74, 6) is -0.148. The monoisotopic (exact) mass is 310 g/mol. The van der Waals surface area contributed by atoms with Crippen molar-refractivity contribution in [1.29, 1.82) is 0 Å². The van der Waals surface area contributed by atoms with Gasteiger partial charge in [0.25, 0.3) is 0 Å². The zero-order chi connectivity index (χ0) is 15.8. The van der Waals surface area contributed by atoms with Gasteiger partial charge in [0.15, 0.2) is 0 Å². The number of hydrogen-bond acceptors (Lipinski definition) is 3. The average Bonchev–Trinajstić information content (AvgIpc) is 2.37. The van der Waals surface area contributed by atoms with E-state index in [1.165, 1.54) is 4.31 Å². The van der Waals surface area contributed by atoms with Gasteiger partial charge in [-0.1, -0.05) is 12.1 Å². The van der Waals surface area contributed by atoms with Crippen LogP contribution in [0.25, 0.3) is 0 Å². The molecule has 1 aromatic rings. The van der Waals surface area contributed by atoms with Gasteiger partial charge in [0, 0.05) is 18.6 Å². The fourth-order valence-corrected chi connectivity index (χ4v) is 3.98. The number of rotatable bonds is 2. The number of sulfonamides is 1. The van der Waals surface area contributed by atoms with E-state index in [0.29, 0.717) is 13.1 Å². The van der Waals surface area contributed by atoms with Crippen LogP contribution in [-0.2, 0) is 14.8 Å². The molecule has 116 valence electrons. The summed E-state index contributed by atoms with van der Waals surface area (Å²) in [5.41, 5.74) is 0.603. The van der Waals surface area contributed by atoms with Crippen LogP contribution in [-0.4, -0.2) is 48.7 Å². The Hall–Kier alpha value is -1.40. The molecule has 0 aliphatic carbocycles. The van der Waals surface area contributed by atoms with Crippen molar-refractivity contribution < 1.29 is 13.2 Å². The number of hydrogen-bond donors (Lipinski definition) is 0. The smallest absolute Gasteiger partial charge is 0.243 e. The van der Waals surface area contributed by atoms with Gasteiger partial charge in [0.2, 0.25) is 15.9 Å². The Kier molecular flexibility index (Phi) is 4.13. The normalized spacial score (nSPS) is 18.1. The number of nitrogens with zero attached hydrogens (tertiary/aromatic N) is 2. The second-order valence-corrected chi connectivity index (χ2v) is 8.31. The Morgan fingerprint density at radius 3 is 2.33 bits per heavy atom. The third-order valence-electron chi connectivity index (χ3n) is 3.62. The Balaban J connectivity index is 2.23. The van der Waals surface area contributed by atoms with Gasteiger partial charge in [-0.25, -0.2) is 8.42 Å². The largest absolute Gasteiger partial charge is 0.335 e. The number of piperazine rings is 1. The maximum absolute atomic E-state index is 12.6. The molecule has 5 nitrogen and oxygen atoms in total. The molecule has 1 fully saturated rings. The highest BCUT2D eigenvalue weighted by atomic mass is 32.2. The predicted octanol–water partition coefficient (Wildman–Crippen LogP) is 1.63. The lowest BCUT2D eigenvalue weighted by Crippen LogP contribution is -2.57. The minimum absolute atomic E-state index is 0.0897. The molecule has 1 aliphatic rings. The van der Waals surface area contributed by atoms with Crippen LogP contribution < -0.4 is 0 Å². The molecule has 0 saturated carbocycles. The summed E-state index contributed by atoms with van der Waals surface area (Å²) in [6.45, 7) is 8.38. The molecule has 0 unspecified atom stereocenters. The molecule has 1 aliphatic heterocycles. The topological polar surface area (TPSA) is 57.7 Å². The molecule has 0 aromatic heterocycles. The molecule has 2 rings (SSSR count). The van der Waals surface area contributed by atoms with Gasteiger partial charge in [0.05, 0.1) is 11.4 Å². The van der Waals surface area contributed by atoms with Crippen molar-refractivity contribution in [3.63, 3.8) is 0 Å². The highest BCUT2D eigenvalue weighted by Gasteiger charge is 2.36. The molecular weight excluding hydrogens is 288 g/mol. The number of amides is 1. The second-order valence-electron chi connectivity index (χ2n) is 6.37. The Morgan fingerprint density at radius 2 is 1.81 bits per heavy atom. The number of carbonyl (C=O) groups is 1. The standard InChI is InChI=1S/C15H22N2O3S/c1-12-6-5-7-13(10-12)21(19,20)16-8-9-17(14(18)11-16)15(2,3)4/h5-7,10H,8-9,11H2,1-4H3. The lowest BCUT2D eigenvalue weighted by molar-refractivity contribution is -0.139. The van der Waals surface area contributed by atoms with Gasteiger partial charge >= 0.3 is 0 Å². The molecule has 21 heavy (non-hydrogen) atoms. The number of aryl methyl sites for hydroxylation is 1. The summed E-state index contributed by atoms with van der Waals surface area (Å²) in [6, 6.07) is 6.77. The van der Waals surface area contributed by atoms with Gasteiger partial charge < -0.3 is 4.90 Å². The minimum atomic E-state index is -3.60. The third-order valence-corrected chi connectivity index (χ3v) is 5.46. The molecule has 0 radical (unpaired) electrons. The molecule has 0 N–H and O–H groups in total. The summed E-state index contributed by atoms with van der Waals surface area (Å²) in [6.07, 6.45) is 0. The molecular formula is C15H22N2O3S. The summed E-state index contributed by atoms with van der Waals surface area (Å²) >= 11 is 0. The second kappa shape index (κ2) is 5.42. The van der Waals surface area contributed by atoms with Crippen molar-refractivity contribution in [3.8, 4) is 0 Å². The Labute approximate surface area is 126 Å². The van der Waals surface area contributed by atoms with Gasteiger partial charge in [-0.05, 0) is 45.4 Å². The zero-order valence-corrected chi connectivity index (χ0v) is 13.8. The van der Waals surface area contributed by atoms with Crippen molar-refractivity contribution in [1.82, 2.24) is 9.21 Å². The minimum Gasteiger partial charge on any atom is -0.335 e. The van der Waals surface area contributed by atoms with E-state index in [9.17, 15) is 13.2 Å². The lowest BCUT2D eigenvalue weighted by atomic mass is 10.1. The van der Waals surface area contributed by atoms with E-state index in [-0.39, 0.29) is 22.9 Å². The van der Waals surface area contributed by atoms with E-state index in [2.05, 4.69) is 0 Å². The summed E-state index contributed by atoms with van der Waals surface area (Å²) in [4.78, 5) is 14.2. The van der Waals surface area contributed by atoms with Crippen LogP contribution in [0.4, 0.5) is 0 Å². The first kappa shape index (κ1) is 16.0. The fourth-order valence-electron chi connectivity index (χ4n) is 2.49. The first-order valence-electron chi connectivity index (χ1n) is 6.99. The average molecular weight is 310 g/mol. The molecule has 1 aromatic carbocycles. The van der Waals surface area contributed by atoms with E-state index in [1.807, 2.05) is 33.8 Å². The molecule has 1 heterocycles. The van der Waals surface area contributed by atoms with E-state index in [1.54, 1.807) is 23.1 Å². The van der Waals surface area contributed by atoms with Gasteiger partial charge in [-0.3, -0.25) is 4.79 Å². The number of benzene rings is 1. The number of carbonyl (C=O) groups excluding carboxylic acids is 1. The van der Waals surface area contributed by atoms with Crippen LogP contribution in [0.1, 0.15) is 26.3 Å². The molecule has 1 amide bonds. The summed E-state index contributed by atoms with van der Waals surface area (Å²) < 4.78 is 26.5. The van der Waals surface area contributed by atoms with Crippen molar-refractivity contribution >= 4 is 15.9 Å². The van der Waals surface area contributed by atoms with Crippen molar-refractivity contribution in [2.45, 2.75) is 38.1 Å². The van der Waals surface area contributed by atoms with Gasteiger partial charge in [-0.15, -0.1) is 0 Å². The Morgan fingerprint density at radius 1 is 1.14 bits per heavy atom. The lowest BCUT2D eigenvalue weighted by Gasteiger charge is -2.41. The fraction of sp³-hybridized carbons (Fsp3) is 0.533. The first-order chi connectivity index (χ1) is 9.62. The van der Waals surface area contributed by atoms with Crippen LogP contribution in [0.3, 0.4) is 0 Å². The highest BCUT2D eigenvalue weighted by molar-refractivity contribution is 7.89. The van der Waals surface area contributed by atoms with E-state index in [4.69, 9.17) is 0 Å². The Bertz CT molecular complexity index is 647. The van der Waals surface area contributed by atoms with Crippen LogP contribution in [0.5, 0.6) is 0 Å². The van der Waals surface area contributed by atoms with Crippen LogP contribution >= 0.6 is 0 Å². The van der Waals surface area contributed by atoms with Gasteiger partial charge in [0.1, 0.15) is 0 Å². The van der Waals surface area contributed by atoms with Crippen molar-refractivity contribution in [2.24, 2.45) is 0 Å². The molecule has 6 heteroatoms. The van der Waals surface area contributed by atoms with Crippen LogP contribution in [0.15, 0.2) is 29.2 Å². The maximum Gasteiger partial charge on any atom is 0.243 e. The molecule has 1 saturated heterocycles. The summed E-state index contributed by atoms with van der Waals surface area (Å²) in [5, 5.41) is 0. The maximum atomic E-state index is 12.6. The molecule has 0 spiro atoms. The highest BCUT2D eigenvalue weighted by Crippen LogP contribution is 2.22. The molecule has 0 bridgehead atoms. The van der Waals surface area contributed by atoms with Crippen molar-refractivity contribution in [3.05, 3.63) is 29.8 Å². The zero-order valence-electron chi connectivity index (χ0n) is 13.0. The summed E-state index contributed by atoms with van der Waals surface area (Å²) in [7, 11) is -3.60. The van der Waals surface area contributed by atoms with Crippen LogP contribution in [0.2, 0.25) is 0 Å².